The molecule has 0 heterocycles. The molecule has 2 N–H and O–H groups in total. The normalized spacial score (nSPS) is 6.00. The molecule has 0 aliphatic heterocycles. The summed E-state index contributed by atoms with van der Waals surface area (Å²) in [6.45, 7) is 0. The Bertz CT molecular complexity index is 14.4. The number of rotatable bonds is 0. The Kier molecular flexibility index (Phi) is 35.3. The van der Waals surface area contributed by atoms with Crippen molar-refractivity contribution in [3.05, 3.63) is 0 Å². The van der Waals surface area contributed by atoms with Gasteiger partial charge >= 0.3 is 29.6 Å². The summed E-state index contributed by atoms with van der Waals surface area (Å²) in [5, 5.41) is 0. The maximum Gasteiger partial charge on any atom is 0.282 e. The molecule has 7 heavy (non-hydrogen) atoms. The van der Waals surface area contributed by atoms with Crippen LogP contribution in [0.3, 0.4) is 0 Å². The topological polar surface area (TPSA) is 86.6 Å². The smallest absolute Gasteiger partial charge is 0.282 e. The molecule has 0 bridgehead atoms. The van der Waals surface area contributed by atoms with E-state index in [1.54, 1.807) is 0 Å². The van der Waals surface area contributed by atoms with Crippen LogP contribution >= 0.6 is 11.9 Å². The summed E-state index contributed by atoms with van der Waals surface area (Å²) in [6, 6.07) is 0. The molecular weight excluding hydrogens is 158 g/mol. The van der Waals surface area contributed by atoms with E-state index in [1.807, 2.05) is 0 Å². The Morgan fingerprint density at radius 1 is 1.29 bits per heavy atom. The molecule has 0 aromatic heterocycles. The minimum absolute atomic E-state index is 0. The van der Waals surface area contributed by atoms with Crippen molar-refractivity contribution < 1.29 is 29.4 Å². The van der Waals surface area contributed by atoms with Crippen LogP contribution in [0.4, 0.5) is 0 Å². The summed E-state index contributed by atoms with van der Waals surface area (Å²) in [7, 11) is -2.60. The first-order valence-electron chi connectivity index (χ1n) is 0.647. The second-order valence-electron chi connectivity index (χ2n) is 0.201. The molecule has 0 aliphatic carbocycles. The Morgan fingerprint density at radius 3 is 1.29 bits per heavy atom. The van der Waals surface area contributed by atoms with Crippen molar-refractivity contribution in [3.8, 4) is 0 Å². The van der Waals surface area contributed by atoms with Gasteiger partial charge in [-0.25, -0.2) is 0 Å². The van der Waals surface area contributed by atoms with Crippen molar-refractivity contribution in [2.45, 2.75) is 0 Å². The largest absolute Gasteiger partial charge is 0.321 e. The van der Waals surface area contributed by atoms with Gasteiger partial charge < -0.3 is 9.32 Å². The molecule has 0 amide bonds. The van der Waals surface area contributed by atoms with Gasteiger partial charge in [-0.05, 0) is 0 Å². The average molecular weight is 161 g/mol. The van der Waals surface area contributed by atoms with Crippen molar-refractivity contribution in [2.75, 3.05) is 0 Å². The predicted octanol–water partition coefficient (Wildman–Crippen LogP) is -3.45. The van der Waals surface area contributed by atoms with Crippen molar-refractivity contribution in [2.24, 2.45) is 0 Å². The molecule has 42 valence electrons. The zero-order valence-electron chi connectivity index (χ0n) is 2.47. The summed E-state index contributed by atoms with van der Waals surface area (Å²) in [5.41, 5.74) is 0. The van der Waals surface area contributed by atoms with Crippen LogP contribution in [0.15, 0.2) is 0 Å². The molecule has 0 saturated heterocycles. The minimum atomic E-state index is -2.60. The van der Waals surface area contributed by atoms with Crippen LogP contribution in [0.25, 0.3) is 0 Å². The van der Waals surface area contributed by atoms with Gasteiger partial charge in [-0.2, -0.15) is 0 Å². The number of hydrogen-bond donors (Lipinski definition) is 2. The first kappa shape index (κ1) is 15.8. The molecule has 0 aliphatic rings. The van der Waals surface area contributed by atoms with Crippen LogP contribution in [0.1, 0.15) is 0 Å². The van der Waals surface area contributed by atoms with Gasteiger partial charge in [0.25, 0.3) is 10.8 Å². The second-order valence-corrected chi connectivity index (χ2v) is 0.603. The van der Waals surface area contributed by atoms with E-state index < -0.39 is 10.8 Å². The Hall–Kier alpha value is 1.42. The van der Waals surface area contributed by atoms with Crippen LogP contribution in [-0.4, -0.2) is 38.9 Å². The molecule has 0 rings (SSSR count). The molecule has 0 spiro atoms. The zero-order chi connectivity index (χ0) is 5.58. The molecule has 0 fully saturated rings. The predicted molar refractivity (Wildman–Crippen MR) is 17.4 cm³/mol. The van der Waals surface area contributed by atoms with E-state index in [4.69, 9.17) is 18.6 Å². The van der Waals surface area contributed by atoms with Crippen LogP contribution in [-0.2, 0) is 0 Å². The molecule has 0 saturated carbocycles. The maximum atomic E-state index is 8.52. The standard InChI is InChI=1S/ClHO3.ClHO.Na.H/c2-1(3)4;1-2;;/h2H;2H;;. The third-order valence-corrected chi connectivity index (χ3v) is 0. The van der Waals surface area contributed by atoms with E-state index in [1.165, 1.54) is 0 Å². The first-order chi connectivity index (χ1) is 2.73. The van der Waals surface area contributed by atoms with E-state index in [0.29, 0.717) is 0 Å². The summed E-state index contributed by atoms with van der Waals surface area (Å²) in [5.74, 6) is 0. The molecule has 0 unspecified atom stereocenters. The van der Waals surface area contributed by atoms with Gasteiger partial charge in [-0.1, -0.05) is 0 Å². The van der Waals surface area contributed by atoms with Crippen LogP contribution in [0, 0.1) is 10.8 Å². The van der Waals surface area contributed by atoms with Gasteiger partial charge in [-0.15, -0.1) is 0 Å². The fourth-order valence-electron chi connectivity index (χ4n) is 0. The van der Waals surface area contributed by atoms with Crippen molar-refractivity contribution >= 4 is 41.4 Å². The van der Waals surface area contributed by atoms with E-state index in [9.17, 15) is 0 Å². The molecule has 0 radical (unpaired) electrons. The summed E-state index contributed by atoms with van der Waals surface area (Å²) in [6.07, 6.45) is 0. The third kappa shape index (κ3) is 108. The van der Waals surface area contributed by atoms with Gasteiger partial charge in [0.1, 0.15) is 0 Å². The zero-order valence-corrected chi connectivity index (χ0v) is 3.98. The van der Waals surface area contributed by atoms with E-state index in [-0.39, 0.29) is 29.6 Å². The van der Waals surface area contributed by atoms with E-state index in [2.05, 4.69) is 11.9 Å². The first-order valence-corrected chi connectivity index (χ1v) is 1.94. The molecule has 4 nitrogen and oxygen atoms in total. The fraction of sp³-hybridized carbons (Fsp3) is 0. The number of hydrogen-bond acceptors (Lipinski definition) is 4. The van der Waals surface area contributed by atoms with E-state index >= 15 is 0 Å². The SMILES string of the molecule is OCl.[NaH].[O-][Cl+2]([O-])O. The molecule has 0 aromatic rings. The van der Waals surface area contributed by atoms with Crippen molar-refractivity contribution in [3.63, 3.8) is 0 Å². The Balaban J connectivity index is -0.0000000480. The van der Waals surface area contributed by atoms with Gasteiger partial charge in [-0.3, -0.25) is 4.66 Å². The quantitative estimate of drug-likeness (QED) is 0.361. The van der Waals surface area contributed by atoms with Crippen molar-refractivity contribution in [1.29, 1.82) is 0 Å². The monoisotopic (exact) mass is 160 g/mol. The van der Waals surface area contributed by atoms with Gasteiger partial charge in [0.15, 0.2) is 0 Å². The van der Waals surface area contributed by atoms with Crippen LogP contribution in [0.2, 0.25) is 0 Å². The van der Waals surface area contributed by atoms with Gasteiger partial charge in [0.2, 0.25) is 0 Å². The summed E-state index contributed by atoms with van der Waals surface area (Å²) < 4.78 is 30.4. The fourth-order valence-corrected chi connectivity index (χ4v) is 0. The second kappa shape index (κ2) is 15.7. The van der Waals surface area contributed by atoms with Crippen molar-refractivity contribution in [1.82, 2.24) is 0 Å². The Morgan fingerprint density at radius 2 is 1.29 bits per heavy atom. The molecule has 0 atom stereocenters. The minimum Gasteiger partial charge on any atom is -0.321 e. The third-order valence-electron chi connectivity index (χ3n) is 0. The van der Waals surface area contributed by atoms with Crippen LogP contribution < -0.4 is 9.32 Å². The number of halogens is 2. The summed E-state index contributed by atoms with van der Waals surface area (Å²) >= 11 is 3.64. The van der Waals surface area contributed by atoms with E-state index in [0.717, 1.165) is 0 Å². The molecule has 0 aromatic carbocycles. The van der Waals surface area contributed by atoms with Gasteiger partial charge in [0.05, 0.1) is 11.9 Å². The average Bonchev–Trinajstić information content (AvgIpc) is 1.41. The molecular formula is H3Cl2NaO4. The van der Waals surface area contributed by atoms with Gasteiger partial charge in [0, 0.05) is 4.66 Å². The Labute approximate surface area is 70.6 Å². The maximum absolute atomic E-state index is 8.52. The van der Waals surface area contributed by atoms with Crippen LogP contribution in [0.5, 0.6) is 0 Å². The molecule has 7 heteroatoms. The summed E-state index contributed by atoms with van der Waals surface area (Å²) in [4.78, 5) is 0.